The maximum atomic E-state index is 5.80. The lowest BCUT2D eigenvalue weighted by Gasteiger charge is -2.09. The van der Waals surface area contributed by atoms with Crippen molar-refractivity contribution in [3.8, 4) is 17.2 Å². The Hall–Kier alpha value is -2.67. The fraction of sp³-hybridized carbons (Fsp3) is 0.300. The second-order valence-electron chi connectivity index (χ2n) is 5.99. The minimum Gasteiger partial charge on any atom is -0.497 e. The van der Waals surface area contributed by atoms with Crippen LogP contribution in [0.15, 0.2) is 46.0 Å². The summed E-state index contributed by atoms with van der Waals surface area (Å²) in [6, 6.07) is 11.8. The molecular weight excluding hydrogens is 364 g/mol. The van der Waals surface area contributed by atoms with Gasteiger partial charge in [0.2, 0.25) is 0 Å². The fourth-order valence-electron chi connectivity index (χ4n) is 2.49. The molecule has 0 radical (unpaired) electrons. The molecular formula is C20H22N2O4S. The highest BCUT2D eigenvalue weighted by Crippen LogP contribution is 2.30. The summed E-state index contributed by atoms with van der Waals surface area (Å²) in [5.41, 5.74) is 3.21. The topological polar surface area (TPSA) is 66.6 Å². The van der Waals surface area contributed by atoms with Gasteiger partial charge in [0.15, 0.2) is 6.61 Å². The van der Waals surface area contributed by atoms with Crippen LogP contribution in [0.25, 0.3) is 0 Å². The number of ether oxygens (including phenoxy) is 3. The van der Waals surface area contributed by atoms with Crippen LogP contribution in [0.2, 0.25) is 0 Å². The highest BCUT2D eigenvalue weighted by molar-refractivity contribution is 7.98. The molecule has 0 saturated carbocycles. The predicted octanol–water partition coefficient (Wildman–Crippen LogP) is 4.57. The van der Waals surface area contributed by atoms with Crippen LogP contribution in [0.5, 0.6) is 17.2 Å². The number of nitrogens with zero attached hydrogens (tertiary/aromatic N) is 2. The standard InChI is InChI=1S/C20H22N2O4S/c1-13-5-6-14(2)18(9-13)25-11-19-21-22-20(26-19)27-12-15-10-16(23-3)7-8-17(15)24-4/h5-10H,11-12H2,1-4H3. The number of benzene rings is 2. The highest BCUT2D eigenvalue weighted by Gasteiger charge is 2.11. The third-order valence-corrected chi connectivity index (χ3v) is 4.85. The molecule has 0 aliphatic heterocycles. The maximum Gasteiger partial charge on any atom is 0.277 e. The van der Waals surface area contributed by atoms with Crippen molar-refractivity contribution in [3.63, 3.8) is 0 Å². The molecule has 0 aliphatic rings. The molecule has 0 atom stereocenters. The Labute approximate surface area is 162 Å². The number of rotatable bonds is 8. The Balaban J connectivity index is 1.61. The van der Waals surface area contributed by atoms with Crippen molar-refractivity contribution in [3.05, 3.63) is 59.0 Å². The minimum absolute atomic E-state index is 0.236. The van der Waals surface area contributed by atoms with Crippen molar-refractivity contribution < 1.29 is 18.6 Å². The van der Waals surface area contributed by atoms with E-state index in [1.165, 1.54) is 11.8 Å². The normalized spacial score (nSPS) is 10.7. The summed E-state index contributed by atoms with van der Waals surface area (Å²) in [6.45, 7) is 4.27. The van der Waals surface area contributed by atoms with Gasteiger partial charge in [-0.15, -0.1) is 10.2 Å². The van der Waals surface area contributed by atoms with Crippen LogP contribution in [0, 0.1) is 13.8 Å². The molecule has 142 valence electrons. The van der Waals surface area contributed by atoms with Gasteiger partial charge in [-0.1, -0.05) is 23.9 Å². The molecule has 0 amide bonds. The summed E-state index contributed by atoms with van der Waals surface area (Å²) in [5.74, 6) is 3.46. The first-order valence-electron chi connectivity index (χ1n) is 8.45. The molecule has 0 N–H and O–H groups in total. The second-order valence-corrected chi connectivity index (χ2v) is 6.91. The summed E-state index contributed by atoms with van der Waals surface area (Å²) in [6.07, 6.45) is 0. The number of methoxy groups -OCH3 is 2. The maximum absolute atomic E-state index is 5.80. The molecule has 0 fully saturated rings. The van der Waals surface area contributed by atoms with E-state index in [-0.39, 0.29) is 6.61 Å². The predicted molar refractivity (Wildman–Crippen MR) is 104 cm³/mol. The van der Waals surface area contributed by atoms with Crippen LogP contribution in [-0.4, -0.2) is 24.4 Å². The quantitative estimate of drug-likeness (QED) is 0.525. The number of aromatic nitrogens is 2. The summed E-state index contributed by atoms with van der Waals surface area (Å²) < 4.78 is 22.1. The van der Waals surface area contributed by atoms with Gasteiger partial charge in [-0.25, -0.2) is 0 Å². The van der Waals surface area contributed by atoms with Gasteiger partial charge in [-0.05, 0) is 49.2 Å². The van der Waals surface area contributed by atoms with Crippen molar-refractivity contribution in [2.45, 2.75) is 31.4 Å². The smallest absolute Gasteiger partial charge is 0.277 e. The van der Waals surface area contributed by atoms with Crippen LogP contribution in [-0.2, 0) is 12.4 Å². The summed E-state index contributed by atoms with van der Waals surface area (Å²) in [4.78, 5) is 0. The third-order valence-electron chi connectivity index (χ3n) is 3.98. The van der Waals surface area contributed by atoms with E-state index in [2.05, 4.69) is 16.3 Å². The molecule has 6 nitrogen and oxygen atoms in total. The number of thioether (sulfide) groups is 1. The molecule has 2 aromatic carbocycles. The summed E-state index contributed by atoms with van der Waals surface area (Å²) in [7, 11) is 3.28. The van der Waals surface area contributed by atoms with Gasteiger partial charge in [0.05, 0.1) is 14.2 Å². The molecule has 0 aliphatic carbocycles. The van der Waals surface area contributed by atoms with Crippen LogP contribution in [0.1, 0.15) is 22.6 Å². The molecule has 3 aromatic rings. The third kappa shape index (κ3) is 4.95. The zero-order valence-corrected chi connectivity index (χ0v) is 16.6. The van der Waals surface area contributed by atoms with Crippen molar-refractivity contribution in [1.29, 1.82) is 0 Å². The summed E-state index contributed by atoms with van der Waals surface area (Å²) in [5, 5.41) is 8.61. The molecule has 1 heterocycles. The first kappa shape index (κ1) is 19.1. The van der Waals surface area contributed by atoms with Gasteiger partial charge >= 0.3 is 0 Å². The van der Waals surface area contributed by atoms with E-state index in [0.717, 1.165) is 33.9 Å². The zero-order chi connectivity index (χ0) is 19.2. The number of aryl methyl sites for hydroxylation is 2. The Morgan fingerprint density at radius 3 is 2.59 bits per heavy atom. The first-order valence-corrected chi connectivity index (χ1v) is 9.43. The lowest BCUT2D eigenvalue weighted by Crippen LogP contribution is -1.97. The van der Waals surface area contributed by atoms with Gasteiger partial charge in [0.1, 0.15) is 17.2 Å². The first-order chi connectivity index (χ1) is 13.1. The fourth-order valence-corrected chi connectivity index (χ4v) is 3.25. The van der Waals surface area contributed by atoms with E-state index in [1.807, 2.05) is 44.2 Å². The molecule has 7 heteroatoms. The van der Waals surface area contributed by atoms with Gasteiger partial charge in [-0.3, -0.25) is 0 Å². The Morgan fingerprint density at radius 1 is 0.963 bits per heavy atom. The van der Waals surface area contributed by atoms with Crippen LogP contribution in [0.3, 0.4) is 0 Å². The highest BCUT2D eigenvalue weighted by atomic mass is 32.2. The lowest BCUT2D eigenvalue weighted by molar-refractivity contribution is 0.250. The Morgan fingerprint density at radius 2 is 1.81 bits per heavy atom. The van der Waals surface area contributed by atoms with E-state index in [0.29, 0.717) is 16.9 Å². The average molecular weight is 386 g/mol. The molecule has 27 heavy (non-hydrogen) atoms. The van der Waals surface area contributed by atoms with Crippen molar-refractivity contribution in [2.75, 3.05) is 14.2 Å². The van der Waals surface area contributed by atoms with E-state index >= 15 is 0 Å². The van der Waals surface area contributed by atoms with Gasteiger partial charge in [-0.2, -0.15) is 0 Å². The molecule has 0 unspecified atom stereocenters. The van der Waals surface area contributed by atoms with Gasteiger partial charge in [0, 0.05) is 11.3 Å². The molecule has 3 rings (SSSR count). The minimum atomic E-state index is 0.236. The zero-order valence-electron chi connectivity index (χ0n) is 15.8. The number of hydrogen-bond donors (Lipinski definition) is 0. The second kappa shape index (κ2) is 8.81. The van der Waals surface area contributed by atoms with Crippen LogP contribution < -0.4 is 14.2 Å². The van der Waals surface area contributed by atoms with Gasteiger partial charge < -0.3 is 18.6 Å². The van der Waals surface area contributed by atoms with E-state index in [9.17, 15) is 0 Å². The van der Waals surface area contributed by atoms with Crippen LogP contribution >= 0.6 is 11.8 Å². The lowest BCUT2D eigenvalue weighted by atomic mass is 10.1. The molecule has 0 spiro atoms. The number of hydrogen-bond acceptors (Lipinski definition) is 7. The average Bonchev–Trinajstić information content (AvgIpc) is 3.14. The molecule has 0 bridgehead atoms. The monoisotopic (exact) mass is 386 g/mol. The molecule has 1 aromatic heterocycles. The largest absolute Gasteiger partial charge is 0.497 e. The Bertz CT molecular complexity index is 911. The van der Waals surface area contributed by atoms with E-state index in [1.54, 1.807) is 14.2 Å². The van der Waals surface area contributed by atoms with Gasteiger partial charge in [0.25, 0.3) is 11.1 Å². The molecule has 0 saturated heterocycles. The van der Waals surface area contributed by atoms with E-state index in [4.69, 9.17) is 18.6 Å². The SMILES string of the molecule is COc1ccc(OC)c(CSc2nnc(COc3cc(C)ccc3C)o2)c1. The summed E-state index contributed by atoms with van der Waals surface area (Å²) >= 11 is 1.44. The van der Waals surface area contributed by atoms with Crippen molar-refractivity contribution in [2.24, 2.45) is 0 Å². The van der Waals surface area contributed by atoms with E-state index < -0.39 is 0 Å². The van der Waals surface area contributed by atoms with Crippen molar-refractivity contribution >= 4 is 11.8 Å². The van der Waals surface area contributed by atoms with Crippen molar-refractivity contribution in [1.82, 2.24) is 10.2 Å². The van der Waals surface area contributed by atoms with Crippen LogP contribution in [0.4, 0.5) is 0 Å². The Kier molecular flexibility index (Phi) is 6.24.